The van der Waals surface area contributed by atoms with Gasteiger partial charge < -0.3 is 5.32 Å². The van der Waals surface area contributed by atoms with Crippen LogP contribution in [0.4, 0.5) is 4.39 Å². The first-order valence-electron chi connectivity index (χ1n) is 7.03. The molecule has 0 radical (unpaired) electrons. The quantitative estimate of drug-likeness (QED) is 0.836. The van der Waals surface area contributed by atoms with Gasteiger partial charge in [-0.1, -0.05) is 36.7 Å². The Balaban J connectivity index is 2.07. The van der Waals surface area contributed by atoms with Gasteiger partial charge in [-0.05, 0) is 60.9 Å². The Morgan fingerprint density at radius 3 is 2.63 bits per heavy atom. The summed E-state index contributed by atoms with van der Waals surface area (Å²) in [6, 6.07) is 5.68. The normalized spacial score (nSPS) is 17.5. The minimum atomic E-state index is -0.152. The molecule has 0 heterocycles. The van der Waals surface area contributed by atoms with E-state index in [1.54, 1.807) is 12.1 Å². The van der Waals surface area contributed by atoms with E-state index in [0.717, 1.165) is 29.0 Å². The van der Waals surface area contributed by atoms with Gasteiger partial charge >= 0.3 is 0 Å². The third kappa shape index (κ3) is 4.57. The van der Waals surface area contributed by atoms with Crippen LogP contribution in [0.5, 0.6) is 0 Å². The summed E-state index contributed by atoms with van der Waals surface area (Å²) >= 11 is 3.53. The minimum Gasteiger partial charge on any atom is -0.314 e. The fourth-order valence-electron chi connectivity index (χ4n) is 2.25. The number of rotatable bonds is 5. The molecule has 1 aromatic carbocycles. The lowest BCUT2D eigenvalue weighted by Gasteiger charge is -2.31. The maximum absolute atomic E-state index is 13.4. The number of nitrogens with one attached hydrogen (secondary N) is 1. The van der Waals surface area contributed by atoms with E-state index in [4.69, 9.17) is 0 Å². The summed E-state index contributed by atoms with van der Waals surface area (Å²) in [5, 5.41) is 3.61. The van der Waals surface area contributed by atoms with Crippen LogP contribution in [-0.4, -0.2) is 12.6 Å². The van der Waals surface area contributed by atoms with Crippen LogP contribution in [0.15, 0.2) is 22.7 Å². The van der Waals surface area contributed by atoms with Crippen LogP contribution in [0, 0.1) is 17.2 Å². The maximum Gasteiger partial charge on any atom is 0.123 e. The molecule has 1 saturated carbocycles. The Bertz CT molecular complexity index is 435. The molecular formula is C16H23BrFN. The first kappa shape index (κ1) is 15.0. The van der Waals surface area contributed by atoms with E-state index >= 15 is 0 Å². The van der Waals surface area contributed by atoms with Crippen LogP contribution in [0.25, 0.3) is 0 Å². The molecule has 0 saturated heterocycles. The van der Waals surface area contributed by atoms with Gasteiger partial charge in [0.25, 0.3) is 0 Å². The summed E-state index contributed by atoms with van der Waals surface area (Å²) in [6.07, 6.45) is 3.52. The lowest BCUT2D eigenvalue weighted by molar-refractivity contribution is 0.230. The van der Waals surface area contributed by atoms with Crippen molar-refractivity contribution in [3.63, 3.8) is 0 Å². The minimum absolute atomic E-state index is 0.152. The van der Waals surface area contributed by atoms with Gasteiger partial charge in [-0.25, -0.2) is 4.39 Å². The van der Waals surface area contributed by atoms with Crippen molar-refractivity contribution in [3.05, 3.63) is 34.1 Å². The largest absolute Gasteiger partial charge is 0.314 e. The molecule has 106 valence electrons. The predicted molar refractivity (Wildman–Crippen MR) is 81.8 cm³/mol. The van der Waals surface area contributed by atoms with E-state index < -0.39 is 0 Å². The van der Waals surface area contributed by atoms with Gasteiger partial charge in [0, 0.05) is 10.5 Å². The molecule has 2 rings (SSSR count). The smallest absolute Gasteiger partial charge is 0.123 e. The molecule has 1 N–H and O–H groups in total. The standard InChI is InChI=1S/C16H23BrFN/c1-16(2,3)12(10-19-14-5-6-14)8-11-9-13(18)4-7-15(11)17/h4,7,9,12,14,19H,5-6,8,10H2,1-3H3. The van der Waals surface area contributed by atoms with Crippen molar-refractivity contribution < 1.29 is 4.39 Å². The molecule has 1 unspecified atom stereocenters. The molecule has 3 heteroatoms. The van der Waals surface area contributed by atoms with Crippen LogP contribution < -0.4 is 5.32 Å². The molecule has 0 spiro atoms. The maximum atomic E-state index is 13.4. The number of hydrogen-bond donors (Lipinski definition) is 1. The van der Waals surface area contributed by atoms with Crippen molar-refractivity contribution in [2.45, 2.75) is 46.1 Å². The van der Waals surface area contributed by atoms with Crippen LogP contribution in [0.1, 0.15) is 39.2 Å². The Morgan fingerprint density at radius 2 is 2.05 bits per heavy atom. The SMILES string of the molecule is CC(C)(C)C(CNC1CC1)Cc1cc(F)ccc1Br. The van der Waals surface area contributed by atoms with Crippen molar-refractivity contribution in [2.24, 2.45) is 11.3 Å². The van der Waals surface area contributed by atoms with Gasteiger partial charge in [-0.2, -0.15) is 0 Å². The fourth-order valence-corrected chi connectivity index (χ4v) is 2.65. The molecule has 1 aromatic rings. The zero-order chi connectivity index (χ0) is 14.0. The summed E-state index contributed by atoms with van der Waals surface area (Å²) in [5.41, 5.74) is 1.28. The van der Waals surface area contributed by atoms with Crippen LogP contribution in [0.2, 0.25) is 0 Å². The molecule has 0 aromatic heterocycles. The topological polar surface area (TPSA) is 12.0 Å². The molecular weight excluding hydrogens is 305 g/mol. The summed E-state index contributed by atoms with van der Waals surface area (Å²) in [5.74, 6) is 0.354. The lowest BCUT2D eigenvalue weighted by atomic mass is 9.77. The van der Waals surface area contributed by atoms with Crippen molar-refractivity contribution in [3.8, 4) is 0 Å². The van der Waals surface area contributed by atoms with Gasteiger partial charge in [0.2, 0.25) is 0 Å². The molecule has 0 aliphatic heterocycles. The summed E-state index contributed by atoms with van der Waals surface area (Å²) < 4.78 is 14.4. The lowest BCUT2D eigenvalue weighted by Crippen LogP contribution is -2.34. The highest BCUT2D eigenvalue weighted by Gasteiger charge is 2.28. The van der Waals surface area contributed by atoms with Gasteiger partial charge in [-0.3, -0.25) is 0 Å². The zero-order valence-corrected chi connectivity index (χ0v) is 13.6. The van der Waals surface area contributed by atoms with Crippen LogP contribution in [-0.2, 0) is 6.42 Å². The van der Waals surface area contributed by atoms with E-state index in [9.17, 15) is 4.39 Å². The average molecular weight is 328 g/mol. The number of hydrogen-bond acceptors (Lipinski definition) is 1. The van der Waals surface area contributed by atoms with Gasteiger partial charge in [0.1, 0.15) is 5.82 Å². The molecule has 1 atom stereocenters. The van der Waals surface area contributed by atoms with Crippen molar-refractivity contribution in [1.29, 1.82) is 0 Å². The van der Waals surface area contributed by atoms with Gasteiger partial charge in [0.05, 0.1) is 0 Å². The molecule has 1 fully saturated rings. The fraction of sp³-hybridized carbons (Fsp3) is 0.625. The first-order valence-corrected chi connectivity index (χ1v) is 7.83. The molecule has 1 nitrogen and oxygen atoms in total. The summed E-state index contributed by atoms with van der Waals surface area (Å²) in [4.78, 5) is 0. The summed E-state index contributed by atoms with van der Waals surface area (Å²) in [6.45, 7) is 7.80. The van der Waals surface area contributed by atoms with Crippen molar-refractivity contribution in [1.82, 2.24) is 5.32 Å². The highest BCUT2D eigenvalue weighted by Crippen LogP contribution is 2.32. The van der Waals surface area contributed by atoms with Crippen LogP contribution >= 0.6 is 15.9 Å². The molecule has 0 bridgehead atoms. The second-order valence-electron chi connectivity index (χ2n) is 6.69. The zero-order valence-electron chi connectivity index (χ0n) is 12.0. The van der Waals surface area contributed by atoms with E-state index in [1.807, 2.05) is 0 Å². The predicted octanol–water partition coefficient (Wildman–Crippen LogP) is 4.55. The number of halogens is 2. The second kappa shape index (κ2) is 5.92. The highest BCUT2D eigenvalue weighted by atomic mass is 79.9. The van der Waals surface area contributed by atoms with E-state index in [-0.39, 0.29) is 11.2 Å². The van der Waals surface area contributed by atoms with E-state index in [1.165, 1.54) is 18.9 Å². The van der Waals surface area contributed by atoms with Crippen molar-refractivity contribution in [2.75, 3.05) is 6.54 Å². The molecule has 1 aliphatic rings. The second-order valence-corrected chi connectivity index (χ2v) is 7.54. The first-order chi connectivity index (χ1) is 8.86. The Kier molecular flexibility index (Phi) is 4.67. The summed E-state index contributed by atoms with van der Waals surface area (Å²) in [7, 11) is 0. The number of benzene rings is 1. The Labute approximate surface area is 124 Å². The van der Waals surface area contributed by atoms with E-state index in [0.29, 0.717) is 5.92 Å². The Morgan fingerprint density at radius 1 is 1.37 bits per heavy atom. The van der Waals surface area contributed by atoms with Crippen LogP contribution in [0.3, 0.4) is 0 Å². The monoisotopic (exact) mass is 327 g/mol. The Hall–Kier alpha value is -0.410. The third-order valence-electron chi connectivity index (χ3n) is 3.93. The van der Waals surface area contributed by atoms with E-state index in [2.05, 4.69) is 42.0 Å². The third-order valence-corrected chi connectivity index (χ3v) is 4.70. The molecule has 1 aliphatic carbocycles. The van der Waals surface area contributed by atoms with Crippen molar-refractivity contribution >= 4 is 15.9 Å². The molecule has 19 heavy (non-hydrogen) atoms. The van der Waals surface area contributed by atoms with Gasteiger partial charge in [0.15, 0.2) is 0 Å². The molecule has 0 amide bonds. The highest BCUT2D eigenvalue weighted by molar-refractivity contribution is 9.10. The van der Waals surface area contributed by atoms with Gasteiger partial charge in [-0.15, -0.1) is 0 Å². The average Bonchev–Trinajstić information content (AvgIpc) is 3.11.